The van der Waals surface area contributed by atoms with E-state index in [0.717, 1.165) is 15.9 Å². The van der Waals surface area contributed by atoms with Crippen LogP contribution in [0.15, 0.2) is 87.5 Å². The number of hydrogen-bond acceptors (Lipinski definition) is 2. The summed E-state index contributed by atoms with van der Waals surface area (Å²) in [6.45, 7) is 6.44. The van der Waals surface area contributed by atoms with Gasteiger partial charge in [0.1, 0.15) is 5.82 Å². The van der Waals surface area contributed by atoms with Gasteiger partial charge in [-0.15, -0.1) is 0 Å². The van der Waals surface area contributed by atoms with Gasteiger partial charge in [-0.25, -0.2) is 4.39 Å². The zero-order valence-electron chi connectivity index (χ0n) is 15.5. The highest BCUT2D eigenvalue weighted by Crippen LogP contribution is 2.34. The maximum Gasteiger partial charge on any atom is 0.175 e. The second kappa shape index (κ2) is 7.57. The molecule has 0 aliphatic heterocycles. The summed E-state index contributed by atoms with van der Waals surface area (Å²) in [5.74, 6) is -1.96. The Bertz CT molecular complexity index is 944. The molecule has 0 aromatic heterocycles. The van der Waals surface area contributed by atoms with Crippen molar-refractivity contribution in [3.63, 3.8) is 0 Å². The van der Waals surface area contributed by atoms with Crippen molar-refractivity contribution in [1.29, 1.82) is 0 Å². The maximum atomic E-state index is 13.7. The first kappa shape index (κ1) is 19.2. The van der Waals surface area contributed by atoms with Crippen molar-refractivity contribution >= 4 is 16.9 Å². The Balaban J connectivity index is 2.19. The van der Waals surface area contributed by atoms with Crippen LogP contribution in [-0.2, 0) is 16.3 Å². The average molecular weight is 380 g/mol. The molecule has 4 heteroatoms. The van der Waals surface area contributed by atoms with Gasteiger partial charge < -0.3 is 9.90 Å². The molecule has 1 unspecified atom stereocenters. The quantitative estimate of drug-likeness (QED) is 0.622. The van der Waals surface area contributed by atoms with E-state index in [0.29, 0.717) is 4.90 Å². The van der Waals surface area contributed by atoms with E-state index in [4.69, 9.17) is 0 Å². The lowest BCUT2D eigenvalue weighted by Crippen LogP contribution is -2.25. The van der Waals surface area contributed by atoms with Crippen molar-refractivity contribution in [3.05, 3.63) is 89.7 Å². The van der Waals surface area contributed by atoms with E-state index in [-0.39, 0.29) is 11.0 Å². The Morgan fingerprint density at radius 2 is 1.48 bits per heavy atom. The lowest BCUT2D eigenvalue weighted by molar-refractivity contribution is -0.255. The summed E-state index contributed by atoms with van der Waals surface area (Å²) in [5, 5.41) is 11.7. The van der Waals surface area contributed by atoms with Crippen molar-refractivity contribution in [2.75, 3.05) is 0 Å². The van der Waals surface area contributed by atoms with E-state index >= 15 is 0 Å². The van der Waals surface area contributed by atoms with E-state index in [1.165, 1.54) is 11.6 Å². The van der Waals surface area contributed by atoms with Crippen LogP contribution >= 0.6 is 0 Å². The Morgan fingerprint density at radius 3 is 2.04 bits per heavy atom. The summed E-state index contributed by atoms with van der Waals surface area (Å²) in [6.07, 6.45) is 0. The minimum atomic E-state index is -1.37. The maximum absolute atomic E-state index is 13.7. The van der Waals surface area contributed by atoms with E-state index in [9.17, 15) is 14.3 Å². The highest BCUT2D eigenvalue weighted by atomic mass is 32.2. The SMILES string of the molecule is CC(C)(C)c1ccc([S+](c2ccccc2)c2ccc(F)cc2C(=O)[O-])cc1. The van der Waals surface area contributed by atoms with Crippen molar-refractivity contribution in [3.8, 4) is 0 Å². The summed E-state index contributed by atoms with van der Waals surface area (Å²) in [4.78, 5) is 14.1. The molecule has 0 spiro atoms. The van der Waals surface area contributed by atoms with Gasteiger partial charge in [0, 0.05) is 0 Å². The fraction of sp³-hybridized carbons (Fsp3) is 0.174. The number of carbonyl (C=O) groups is 1. The first-order valence-corrected chi connectivity index (χ1v) is 9.90. The van der Waals surface area contributed by atoms with Crippen molar-refractivity contribution in [1.82, 2.24) is 0 Å². The summed E-state index contributed by atoms with van der Waals surface area (Å²) in [6, 6.07) is 21.8. The van der Waals surface area contributed by atoms with Crippen LogP contribution in [0.2, 0.25) is 0 Å². The smallest absolute Gasteiger partial charge is 0.175 e. The summed E-state index contributed by atoms with van der Waals surface area (Å²) in [7, 11) is -0.678. The van der Waals surface area contributed by atoms with Gasteiger partial charge in [-0.3, -0.25) is 0 Å². The van der Waals surface area contributed by atoms with E-state index in [1.807, 2.05) is 42.5 Å². The highest BCUT2D eigenvalue weighted by Gasteiger charge is 2.32. The number of carboxylic acid groups (broad SMARTS) is 1. The van der Waals surface area contributed by atoms with Crippen LogP contribution in [0.5, 0.6) is 0 Å². The molecule has 0 amide bonds. The van der Waals surface area contributed by atoms with Crippen molar-refractivity contribution < 1.29 is 14.3 Å². The molecular weight excluding hydrogens is 359 g/mol. The molecular formula is C23H21FO2S. The fourth-order valence-corrected chi connectivity index (χ4v) is 5.06. The fourth-order valence-electron chi connectivity index (χ4n) is 2.88. The normalized spacial score (nSPS) is 12.6. The molecule has 0 saturated heterocycles. The Labute approximate surface area is 162 Å². The number of hydrogen-bond donors (Lipinski definition) is 0. The molecule has 0 N–H and O–H groups in total. The van der Waals surface area contributed by atoms with Gasteiger partial charge in [-0.05, 0) is 53.4 Å². The third-order valence-electron chi connectivity index (χ3n) is 4.32. The van der Waals surface area contributed by atoms with Gasteiger partial charge in [-0.2, -0.15) is 0 Å². The Hall–Kier alpha value is -2.59. The molecule has 0 radical (unpaired) electrons. The molecule has 0 fully saturated rings. The summed E-state index contributed by atoms with van der Waals surface area (Å²) >= 11 is 0. The van der Waals surface area contributed by atoms with E-state index in [1.54, 1.807) is 6.07 Å². The van der Waals surface area contributed by atoms with E-state index in [2.05, 4.69) is 32.9 Å². The molecule has 3 rings (SSSR count). The van der Waals surface area contributed by atoms with Gasteiger partial charge in [0.25, 0.3) is 0 Å². The van der Waals surface area contributed by atoms with Gasteiger partial charge >= 0.3 is 0 Å². The zero-order chi connectivity index (χ0) is 19.6. The first-order valence-electron chi connectivity index (χ1n) is 8.68. The zero-order valence-corrected chi connectivity index (χ0v) is 16.3. The predicted octanol–water partition coefficient (Wildman–Crippen LogP) is 4.58. The number of carboxylic acids is 1. The third kappa shape index (κ3) is 4.22. The minimum Gasteiger partial charge on any atom is -0.545 e. The second-order valence-electron chi connectivity index (χ2n) is 7.32. The van der Waals surface area contributed by atoms with Crippen molar-refractivity contribution in [2.24, 2.45) is 0 Å². The Morgan fingerprint density at radius 1 is 0.889 bits per heavy atom. The van der Waals surface area contributed by atoms with Crippen LogP contribution in [0.4, 0.5) is 4.39 Å². The second-order valence-corrected chi connectivity index (χ2v) is 9.32. The number of halogens is 1. The van der Waals surface area contributed by atoms with Crippen LogP contribution in [0.25, 0.3) is 0 Å². The van der Waals surface area contributed by atoms with Crippen LogP contribution in [0.3, 0.4) is 0 Å². The molecule has 0 heterocycles. The van der Waals surface area contributed by atoms with Crippen molar-refractivity contribution in [2.45, 2.75) is 40.9 Å². The monoisotopic (exact) mass is 380 g/mol. The molecule has 0 bridgehead atoms. The van der Waals surface area contributed by atoms with Gasteiger partial charge in [0.2, 0.25) is 0 Å². The molecule has 3 aromatic rings. The molecule has 3 aromatic carbocycles. The largest absolute Gasteiger partial charge is 0.545 e. The van der Waals surface area contributed by atoms with Gasteiger partial charge in [0.15, 0.2) is 14.7 Å². The van der Waals surface area contributed by atoms with Crippen LogP contribution < -0.4 is 5.11 Å². The lowest BCUT2D eigenvalue weighted by atomic mass is 9.87. The highest BCUT2D eigenvalue weighted by molar-refractivity contribution is 7.97. The summed E-state index contributed by atoms with van der Waals surface area (Å²) < 4.78 is 13.7. The molecule has 0 aliphatic rings. The third-order valence-corrected chi connectivity index (χ3v) is 6.60. The van der Waals surface area contributed by atoms with E-state index < -0.39 is 22.7 Å². The summed E-state index contributed by atoms with van der Waals surface area (Å²) in [5.41, 5.74) is 1.11. The Kier molecular flexibility index (Phi) is 5.38. The number of benzene rings is 3. The van der Waals surface area contributed by atoms with Gasteiger partial charge in [0.05, 0.1) is 22.4 Å². The number of rotatable bonds is 4. The minimum absolute atomic E-state index is 0.0237. The average Bonchev–Trinajstić information content (AvgIpc) is 2.63. The molecule has 1 atom stereocenters. The first-order chi connectivity index (χ1) is 12.8. The molecule has 0 aliphatic carbocycles. The molecule has 0 saturated carbocycles. The van der Waals surface area contributed by atoms with Crippen LogP contribution in [0.1, 0.15) is 36.7 Å². The lowest BCUT2D eigenvalue weighted by Gasteiger charge is -2.19. The van der Waals surface area contributed by atoms with Gasteiger partial charge in [-0.1, -0.05) is 51.1 Å². The standard InChI is InChI=1S/C23H21FO2S/c1-23(2,3)16-9-12-19(13-10-16)27(18-7-5-4-6-8-18)21-14-11-17(24)15-20(21)22(25)26/h4-15H,1-3H3. The topological polar surface area (TPSA) is 40.1 Å². The molecule has 2 nitrogen and oxygen atoms in total. The van der Waals surface area contributed by atoms with Crippen LogP contribution in [-0.4, -0.2) is 5.97 Å². The number of aromatic carboxylic acids is 1. The number of carbonyl (C=O) groups excluding carboxylic acids is 1. The predicted molar refractivity (Wildman–Crippen MR) is 104 cm³/mol. The molecule has 27 heavy (non-hydrogen) atoms. The molecule has 138 valence electrons. The van der Waals surface area contributed by atoms with Crippen LogP contribution in [0, 0.1) is 5.82 Å².